The molecule has 11 heteroatoms. The zero-order chi connectivity index (χ0) is 31.9. The number of aliphatic imine (C=N–C) groups is 1. The molecule has 232 valence electrons. The standard InChI is InChI=1S/C34H36N6O5/c1-6-36-31(32(22(3)35)44-19-23-10-8-7-9-11-23)34-39-30(20-45-34)40-18-27(26-14-21(2)37-17-28(26)40)33(41)38-16-24-12-13-25(42-4)15-29(24)43-5/h7-15,17-18,20H,6,16,19,35H2,1-5H3,(H,38,41)/b32-22+,36-31?. The van der Waals surface area contributed by atoms with Crippen LogP contribution in [0.2, 0.25) is 0 Å². The minimum absolute atomic E-state index is 0.235. The van der Waals surface area contributed by atoms with Gasteiger partial charge in [-0.25, -0.2) is 0 Å². The Balaban J connectivity index is 1.45. The van der Waals surface area contributed by atoms with E-state index >= 15 is 0 Å². The van der Waals surface area contributed by atoms with Crippen LogP contribution in [0.4, 0.5) is 0 Å². The minimum Gasteiger partial charge on any atom is -0.497 e. The number of carbonyl (C=O) groups is 1. The number of nitrogens with zero attached hydrogens (tertiary/aromatic N) is 4. The van der Waals surface area contributed by atoms with Crippen LogP contribution >= 0.6 is 0 Å². The fourth-order valence-corrected chi connectivity index (χ4v) is 4.85. The van der Waals surface area contributed by atoms with Crippen LogP contribution in [0.1, 0.15) is 46.9 Å². The summed E-state index contributed by atoms with van der Waals surface area (Å²) in [5.74, 6) is 2.08. The van der Waals surface area contributed by atoms with E-state index in [2.05, 4.69) is 15.3 Å². The number of rotatable bonds is 12. The molecule has 0 aliphatic rings. The second kappa shape index (κ2) is 13.8. The van der Waals surface area contributed by atoms with Crippen molar-refractivity contribution in [3.63, 3.8) is 0 Å². The third-order valence-electron chi connectivity index (χ3n) is 7.06. The van der Waals surface area contributed by atoms with E-state index in [1.54, 1.807) is 44.2 Å². The van der Waals surface area contributed by atoms with Crippen molar-refractivity contribution in [2.75, 3.05) is 20.8 Å². The predicted octanol–water partition coefficient (Wildman–Crippen LogP) is 5.49. The summed E-state index contributed by atoms with van der Waals surface area (Å²) in [6, 6.07) is 17.1. The summed E-state index contributed by atoms with van der Waals surface area (Å²) >= 11 is 0. The number of methoxy groups -OCH3 is 2. The Morgan fingerprint density at radius 1 is 1.11 bits per heavy atom. The van der Waals surface area contributed by atoms with Crippen molar-refractivity contribution in [2.24, 2.45) is 10.7 Å². The highest BCUT2D eigenvalue weighted by atomic mass is 16.5. The SMILES string of the molecule is CCN=C(/C(OCc1ccccc1)=C(/C)N)c1nc(-n2cc(C(=O)NCc3ccc(OC)cc3OC)c3cc(C)ncc32)co1. The van der Waals surface area contributed by atoms with Gasteiger partial charge in [-0.05, 0) is 44.5 Å². The lowest BCUT2D eigenvalue weighted by atomic mass is 10.1. The molecule has 11 nitrogen and oxygen atoms in total. The van der Waals surface area contributed by atoms with Gasteiger partial charge in [-0.2, -0.15) is 4.98 Å². The zero-order valence-electron chi connectivity index (χ0n) is 26.0. The molecule has 5 aromatic rings. The van der Waals surface area contributed by atoms with Crippen molar-refractivity contribution < 1.29 is 23.4 Å². The highest BCUT2D eigenvalue weighted by Gasteiger charge is 2.23. The lowest BCUT2D eigenvalue weighted by Crippen LogP contribution is -2.23. The first kappa shape index (κ1) is 30.9. The number of aromatic nitrogens is 3. The molecule has 0 spiro atoms. The van der Waals surface area contributed by atoms with Crippen molar-refractivity contribution in [1.82, 2.24) is 19.9 Å². The molecule has 0 saturated heterocycles. The molecular weight excluding hydrogens is 572 g/mol. The van der Waals surface area contributed by atoms with Crippen LogP contribution in [-0.4, -0.2) is 46.9 Å². The summed E-state index contributed by atoms with van der Waals surface area (Å²) in [6.07, 6.45) is 4.94. The summed E-state index contributed by atoms with van der Waals surface area (Å²) < 4.78 is 24.6. The quantitative estimate of drug-likeness (QED) is 0.140. The molecule has 1 amide bonds. The Kier molecular flexibility index (Phi) is 9.47. The van der Waals surface area contributed by atoms with Crippen LogP contribution in [-0.2, 0) is 17.9 Å². The molecule has 0 saturated carbocycles. The Hall–Kier alpha value is -5.58. The number of fused-ring (bicyclic) bond motifs is 1. The van der Waals surface area contributed by atoms with Gasteiger partial charge in [-0.1, -0.05) is 30.3 Å². The highest BCUT2D eigenvalue weighted by Crippen LogP contribution is 2.27. The maximum atomic E-state index is 13.6. The smallest absolute Gasteiger partial charge is 0.253 e. The van der Waals surface area contributed by atoms with Crippen LogP contribution in [0.15, 0.2) is 94.1 Å². The topological polar surface area (TPSA) is 139 Å². The van der Waals surface area contributed by atoms with Crippen molar-refractivity contribution in [2.45, 2.75) is 33.9 Å². The summed E-state index contributed by atoms with van der Waals surface area (Å²) in [4.78, 5) is 27.4. The van der Waals surface area contributed by atoms with Gasteiger partial charge in [-0.15, -0.1) is 0 Å². The number of oxazole rings is 1. The normalized spacial score (nSPS) is 12.2. The van der Waals surface area contributed by atoms with Crippen LogP contribution in [0.5, 0.6) is 11.5 Å². The molecule has 0 aliphatic heterocycles. The molecule has 5 rings (SSSR count). The number of hydrogen-bond donors (Lipinski definition) is 2. The summed E-state index contributed by atoms with van der Waals surface area (Å²) in [6.45, 7) is 6.54. The van der Waals surface area contributed by atoms with E-state index in [0.29, 0.717) is 58.7 Å². The molecule has 3 heterocycles. The van der Waals surface area contributed by atoms with E-state index in [4.69, 9.17) is 29.3 Å². The zero-order valence-corrected chi connectivity index (χ0v) is 26.0. The summed E-state index contributed by atoms with van der Waals surface area (Å²) in [5.41, 5.74) is 10.8. The Labute approximate surface area is 261 Å². The number of nitrogens with one attached hydrogen (secondary N) is 1. The molecule has 0 bridgehead atoms. The fraction of sp³-hybridized carbons (Fsp3) is 0.235. The molecule has 3 aromatic heterocycles. The number of aryl methyl sites for hydroxylation is 1. The van der Waals surface area contributed by atoms with E-state index in [1.807, 2.05) is 62.4 Å². The third kappa shape index (κ3) is 6.82. The molecule has 0 aliphatic carbocycles. The van der Waals surface area contributed by atoms with Gasteiger partial charge in [0.15, 0.2) is 17.3 Å². The number of pyridine rings is 1. The van der Waals surface area contributed by atoms with Crippen molar-refractivity contribution >= 4 is 22.5 Å². The number of carbonyl (C=O) groups excluding carboxylic acids is 1. The van der Waals surface area contributed by atoms with Crippen LogP contribution < -0.4 is 20.5 Å². The maximum absolute atomic E-state index is 13.6. The molecule has 0 radical (unpaired) electrons. The number of nitrogens with two attached hydrogens (primary N) is 1. The number of hydrogen-bond acceptors (Lipinski definition) is 9. The van der Waals surface area contributed by atoms with Crippen molar-refractivity contribution in [1.29, 1.82) is 0 Å². The molecule has 0 unspecified atom stereocenters. The second-order valence-corrected chi connectivity index (χ2v) is 10.2. The van der Waals surface area contributed by atoms with Crippen LogP contribution in [0, 0.1) is 6.92 Å². The summed E-state index contributed by atoms with van der Waals surface area (Å²) in [5, 5.41) is 3.73. The molecule has 2 aromatic carbocycles. The van der Waals surface area contributed by atoms with E-state index in [-0.39, 0.29) is 18.3 Å². The Bertz CT molecular complexity index is 1870. The van der Waals surface area contributed by atoms with E-state index in [1.165, 1.54) is 6.26 Å². The number of ether oxygens (including phenoxy) is 3. The highest BCUT2D eigenvalue weighted by molar-refractivity contribution is 6.09. The largest absolute Gasteiger partial charge is 0.497 e. The lowest BCUT2D eigenvalue weighted by molar-refractivity contribution is 0.0952. The lowest BCUT2D eigenvalue weighted by Gasteiger charge is -2.13. The molecule has 45 heavy (non-hydrogen) atoms. The van der Waals surface area contributed by atoms with Crippen molar-refractivity contribution in [3.05, 3.63) is 113 Å². The Morgan fingerprint density at radius 3 is 2.62 bits per heavy atom. The first-order valence-electron chi connectivity index (χ1n) is 14.4. The molecule has 0 atom stereocenters. The minimum atomic E-state index is -0.266. The van der Waals surface area contributed by atoms with Gasteiger partial charge in [-0.3, -0.25) is 19.3 Å². The van der Waals surface area contributed by atoms with Gasteiger partial charge in [0, 0.05) is 42.0 Å². The second-order valence-electron chi connectivity index (χ2n) is 10.2. The van der Waals surface area contributed by atoms with Crippen LogP contribution in [0.25, 0.3) is 16.7 Å². The molecule has 3 N–H and O–H groups in total. The van der Waals surface area contributed by atoms with E-state index < -0.39 is 0 Å². The van der Waals surface area contributed by atoms with Crippen LogP contribution in [0.3, 0.4) is 0 Å². The van der Waals surface area contributed by atoms with Crippen molar-refractivity contribution in [3.8, 4) is 17.3 Å². The first-order valence-corrected chi connectivity index (χ1v) is 14.4. The number of allylic oxidation sites excluding steroid dienone is 2. The monoisotopic (exact) mass is 608 g/mol. The predicted molar refractivity (Wildman–Crippen MR) is 172 cm³/mol. The van der Waals surface area contributed by atoms with Gasteiger partial charge >= 0.3 is 0 Å². The first-order chi connectivity index (χ1) is 21.8. The molecule has 0 fully saturated rings. The molecular formula is C34H36N6O5. The summed E-state index contributed by atoms with van der Waals surface area (Å²) in [7, 11) is 3.17. The number of amides is 1. The van der Waals surface area contributed by atoms with Gasteiger partial charge in [0.25, 0.3) is 11.8 Å². The van der Waals surface area contributed by atoms with Gasteiger partial charge in [0.1, 0.15) is 24.4 Å². The average molecular weight is 609 g/mol. The third-order valence-corrected chi connectivity index (χ3v) is 7.06. The Morgan fingerprint density at radius 2 is 1.91 bits per heavy atom. The maximum Gasteiger partial charge on any atom is 0.253 e. The van der Waals surface area contributed by atoms with Gasteiger partial charge < -0.3 is 29.7 Å². The van der Waals surface area contributed by atoms with E-state index in [0.717, 1.165) is 22.2 Å². The fourth-order valence-electron chi connectivity index (χ4n) is 4.85. The van der Waals surface area contributed by atoms with Gasteiger partial charge in [0.2, 0.25) is 0 Å². The van der Waals surface area contributed by atoms with Gasteiger partial charge in [0.05, 0.1) is 37.2 Å². The van der Waals surface area contributed by atoms with E-state index in [9.17, 15) is 4.79 Å². The number of benzene rings is 2. The average Bonchev–Trinajstić information content (AvgIpc) is 3.68.